The normalized spacial score (nSPS) is 23.0. The van der Waals surface area contributed by atoms with Gasteiger partial charge in [-0.1, -0.05) is 42.5 Å². The van der Waals surface area contributed by atoms with E-state index in [0.717, 1.165) is 51.1 Å². The van der Waals surface area contributed by atoms with Crippen LogP contribution in [0.25, 0.3) is 0 Å². The molecular formula is C30H32F2NO4+. The summed E-state index contributed by atoms with van der Waals surface area (Å²) < 4.78 is 40.0. The Labute approximate surface area is 215 Å². The van der Waals surface area contributed by atoms with Gasteiger partial charge in [0.1, 0.15) is 17.4 Å². The third kappa shape index (κ3) is 5.24. The molecule has 3 aliphatic rings. The number of halogens is 2. The Morgan fingerprint density at radius 1 is 0.892 bits per heavy atom. The van der Waals surface area contributed by atoms with Crippen molar-refractivity contribution in [1.29, 1.82) is 0 Å². The number of fused-ring (bicyclic) bond motifs is 3. The fourth-order valence-corrected chi connectivity index (χ4v) is 5.78. The standard InChI is InChI=1S/C30H32F2NO4/c31-25-11-7-23(8-12-25)30(35,24-9-13-26(32)14-10-24)29(34)37-28-21-22-15-18-33(28,19-16-22)17-4-20-36-27-5-2-1-3-6-27/h1-3,5-14,22,28,35H,4,15-21H2/q+1/t22?,28-,33?/m1/s1. The van der Waals surface area contributed by atoms with Crippen molar-refractivity contribution in [2.75, 3.05) is 26.2 Å². The molecule has 1 N–H and O–H groups in total. The van der Waals surface area contributed by atoms with Crippen LogP contribution in [0.15, 0.2) is 78.9 Å². The molecule has 0 saturated carbocycles. The van der Waals surface area contributed by atoms with Crippen molar-refractivity contribution in [2.24, 2.45) is 5.92 Å². The second-order valence-corrected chi connectivity index (χ2v) is 10.2. The highest BCUT2D eigenvalue weighted by molar-refractivity contribution is 5.85. The highest BCUT2D eigenvalue weighted by Crippen LogP contribution is 2.41. The van der Waals surface area contributed by atoms with E-state index in [0.29, 0.717) is 17.0 Å². The predicted molar refractivity (Wildman–Crippen MR) is 134 cm³/mol. The topological polar surface area (TPSA) is 55.8 Å². The second kappa shape index (κ2) is 10.6. The summed E-state index contributed by atoms with van der Waals surface area (Å²) in [7, 11) is 0. The zero-order chi connectivity index (χ0) is 25.9. The van der Waals surface area contributed by atoms with Crippen molar-refractivity contribution in [3.8, 4) is 5.75 Å². The van der Waals surface area contributed by atoms with E-state index in [4.69, 9.17) is 9.47 Å². The van der Waals surface area contributed by atoms with Gasteiger partial charge in [-0.25, -0.2) is 13.6 Å². The van der Waals surface area contributed by atoms with Crippen molar-refractivity contribution in [2.45, 2.75) is 37.5 Å². The summed E-state index contributed by atoms with van der Waals surface area (Å²) in [6.07, 6.45) is 3.29. The molecule has 2 bridgehead atoms. The van der Waals surface area contributed by atoms with E-state index >= 15 is 0 Å². The molecule has 37 heavy (non-hydrogen) atoms. The van der Waals surface area contributed by atoms with Gasteiger partial charge in [-0.05, 0) is 53.4 Å². The number of quaternary nitrogens is 1. The molecule has 5 nitrogen and oxygen atoms in total. The minimum absolute atomic E-state index is 0.171. The number of hydrogen-bond acceptors (Lipinski definition) is 4. The summed E-state index contributed by atoms with van der Waals surface area (Å²) >= 11 is 0. The van der Waals surface area contributed by atoms with Crippen LogP contribution in [-0.2, 0) is 15.1 Å². The van der Waals surface area contributed by atoms with Crippen LogP contribution >= 0.6 is 0 Å². The fourth-order valence-electron chi connectivity index (χ4n) is 5.78. The van der Waals surface area contributed by atoms with Crippen LogP contribution < -0.4 is 4.74 Å². The molecule has 3 aromatic carbocycles. The van der Waals surface area contributed by atoms with Crippen molar-refractivity contribution >= 4 is 5.97 Å². The van der Waals surface area contributed by atoms with Crippen LogP contribution in [0.1, 0.15) is 36.8 Å². The van der Waals surface area contributed by atoms with Crippen LogP contribution in [0.2, 0.25) is 0 Å². The number of ether oxygens (including phenoxy) is 2. The summed E-state index contributed by atoms with van der Waals surface area (Å²) in [6.45, 7) is 3.16. The molecule has 3 heterocycles. The van der Waals surface area contributed by atoms with Gasteiger partial charge in [0.15, 0.2) is 0 Å². The summed E-state index contributed by atoms with van der Waals surface area (Å²) in [4.78, 5) is 13.7. The maximum atomic E-state index is 13.7. The number of carbonyl (C=O) groups excluding carboxylic acids is 1. The maximum Gasteiger partial charge on any atom is 0.352 e. The van der Waals surface area contributed by atoms with Gasteiger partial charge in [0.05, 0.1) is 26.2 Å². The van der Waals surface area contributed by atoms with Gasteiger partial charge < -0.3 is 14.6 Å². The molecule has 0 unspecified atom stereocenters. The Hall–Kier alpha value is -3.29. The summed E-state index contributed by atoms with van der Waals surface area (Å²) in [5.41, 5.74) is -1.85. The Bertz CT molecular complexity index is 1150. The monoisotopic (exact) mass is 508 g/mol. The van der Waals surface area contributed by atoms with Crippen molar-refractivity contribution in [3.63, 3.8) is 0 Å². The lowest BCUT2D eigenvalue weighted by Gasteiger charge is -2.53. The first-order valence-corrected chi connectivity index (χ1v) is 12.9. The first-order chi connectivity index (χ1) is 17.9. The van der Waals surface area contributed by atoms with E-state index in [1.54, 1.807) is 0 Å². The number of hydrogen-bond donors (Lipinski definition) is 1. The van der Waals surface area contributed by atoms with Crippen molar-refractivity contribution in [1.82, 2.24) is 0 Å². The molecule has 0 aliphatic carbocycles. The van der Waals surface area contributed by atoms with Gasteiger partial charge in [-0.3, -0.25) is 4.48 Å². The fraction of sp³-hybridized carbons (Fsp3) is 0.367. The van der Waals surface area contributed by atoms with E-state index in [1.807, 2.05) is 30.3 Å². The van der Waals surface area contributed by atoms with Gasteiger partial charge in [0.25, 0.3) is 0 Å². The Balaban J connectivity index is 1.35. The largest absolute Gasteiger partial charge is 0.493 e. The molecule has 3 saturated heterocycles. The van der Waals surface area contributed by atoms with Gasteiger partial charge in [-0.2, -0.15) is 0 Å². The summed E-state index contributed by atoms with van der Waals surface area (Å²) in [6, 6.07) is 19.8. The predicted octanol–water partition coefficient (Wildman–Crippen LogP) is 5.17. The molecule has 194 valence electrons. The minimum atomic E-state index is -2.19. The molecule has 3 aromatic rings. The number of esters is 1. The first-order valence-electron chi connectivity index (χ1n) is 12.9. The van der Waals surface area contributed by atoms with E-state index < -0.39 is 29.4 Å². The molecule has 6 rings (SSSR count). The molecule has 0 radical (unpaired) electrons. The first kappa shape index (κ1) is 25.4. The molecule has 1 atom stereocenters. The SMILES string of the molecule is O=C(O[C@@H]1CC2CC[N+]1(CCCOc1ccccc1)CC2)C(O)(c1ccc(F)cc1)c1ccc(F)cc1. The van der Waals surface area contributed by atoms with Crippen LogP contribution in [0.3, 0.4) is 0 Å². The maximum absolute atomic E-state index is 13.7. The summed E-state index contributed by atoms with van der Waals surface area (Å²) in [5, 5.41) is 11.8. The van der Waals surface area contributed by atoms with E-state index in [9.17, 15) is 18.7 Å². The van der Waals surface area contributed by atoms with E-state index in [-0.39, 0.29) is 11.1 Å². The molecule has 0 aromatic heterocycles. The number of benzene rings is 3. The molecule has 0 spiro atoms. The van der Waals surface area contributed by atoms with Gasteiger partial charge in [0, 0.05) is 25.7 Å². The molecule has 7 heteroatoms. The number of para-hydroxylation sites is 1. The molecule has 0 amide bonds. The number of carbonyl (C=O) groups is 1. The number of rotatable bonds is 9. The van der Waals surface area contributed by atoms with Crippen molar-refractivity contribution in [3.05, 3.63) is 102 Å². The van der Waals surface area contributed by atoms with Crippen LogP contribution in [-0.4, -0.2) is 48.0 Å². The van der Waals surface area contributed by atoms with Crippen LogP contribution in [0.4, 0.5) is 8.78 Å². The number of aliphatic hydroxyl groups is 1. The molecule has 3 aliphatic heterocycles. The smallest absolute Gasteiger partial charge is 0.352 e. The Morgan fingerprint density at radius 3 is 2.03 bits per heavy atom. The lowest BCUT2D eigenvalue weighted by atomic mass is 9.83. The lowest BCUT2D eigenvalue weighted by molar-refractivity contribution is -0.984. The highest BCUT2D eigenvalue weighted by atomic mass is 19.1. The van der Waals surface area contributed by atoms with Crippen molar-refractivity contribution < 1.29 is 32.6 Å². The Morgan fingerprint density at radius 2 is 1.46 bits per heavy atom. The minimum Gasteiger partial charge on any atom is -0.493 e. The molecule has 3 fully saturated rings. The number of piperidine rings is 3. The summed E-state index contributed by atoms with van der Waals surface area (Å²) in [5.74, 6) is -0.510. The van der Waals surface area contributed by atoms with Crippen LogP contribution in [0.5, 0.6) is 5.75 Å². The third-order valence-corrected chi connectivity index (χ3v) is 7.93. The highest BCUT2D eigenvalue weighted by Gasteiger charge is 2.52. The van der Waals surface area contributed by atoms with E-state index in [2.05, 4.69) is 0 Å². The quantitative estimate of drug-likeness (QED) is 0.246. The zero-order valence-electron chi connectivity index (χ0n) is 20.7. The zero-order valence-corrected chi connectivity index (χ0v) is 20.7. The van der Waals surface area contributed by atoms with Gasteiger partial charge >= 0.3 is 5.97 Å². The van der Waals surface area contributed by atoms with Crippen LogP contribution in [0, 0.1) is 17.6 Å². The third-order valence-electron chi connectivity index (χ3n) is 7.93. The second-order valence-electron chi connectivity index (χ2n) is 10.2. The average molecular weight is 509 g/mol. The van der Waals surface area contributed by atoms with E-state index in [1.165, 1.54) is 48.5 Å². The molecular weight excluding hydrogens is 476 g/mol. The average Bonchev–Trinajstić information content (AvgIpc) is 2.93. The number of nitrogens with zero attached hydrogens (tertiary/aromatic N) is 1. The van der Waals surface area contributed by atoms with Gasteiger partial charge in [-0.15, -0.1) is 0 Å². The van der Waals surface area contributed by atoms with Gasteiger partial charge in [0.2, 0.25) is 11.8 Å². The lowest BCUT2D eigenvalue weighted by Crippen LogP contribution is -2.66. The Kier molecular flexibility index (Phi) is 7.26.